The fraction of sp³-hybridized carbons (Fsp3) is 0.333. The van der Waals surface area contributed by atoms with E-state index in [0.29, 0.717) is 6.29 Å². The number of halogens is 3. The molecule has 0 aliphatic heterocycles. The van der Waals surface area contributed by atoms with Crippen molar-refractivity contribution in [3.8, 4) is 0 Å². The molecule has 1 rings (SSSR count). The van der Waals surface area contributed by atoms with E-state index in [9.17, 15) is 18.0 Å². The predicted molar refractivity (Wildman–Crippen MR) is 31.6 cm³/mol. The summed E-state index contributed by atoms with van der Waals surface area (Å²) in [6.45, 7) is 0. The molecule has 66 valence electrons. The van der Waals surface area contributed by atoms with Crippen molar-refractivity contribution in [2.45, 2.75) is 12.6 Å². The van der Waals surface area contributed by atoms with Crippen molar-refractivity contribution in [1.29, 1.82) is 0 Å². The van der Waals surface area contributed by atoms with Gasteiger partial charge in [0.25, 0.3) is 0 Å². The molecule has 3 nitrogen and oxygen atoms in total. The predicted octanol–water partition coefficient (Wildman–Crippen LogP) is 1.59. The number of rotatable bonds is 2. The highest BCUT2D eigenvalue weighted by atomic mass is 19.4. The Labute approximate surface area is 65.1 Å². The molecule has 0 fully saturated rings. The van der Waals surface area contributed by atoms with E-state index in [2.05, 4.69) is 9.68 Å². The number of carbonyl (C=O) groups is 1. The largest absolute Gasteiger partial charge is 0.394 e. The molecule has 0 bridgehead atoms. The molecule has 1 heterocycles. The van der Waals surface area contributed by atoms with Gasteiger partial charge in [-0.15, -0.1) is 0 Å². The molecule has 0 unspecified atom stereocenters. The lowest BCUT2D eigenvalue weighted by atomic mass is 10.3. The first-order valence-corrected chi connectivity index (χ1v) is 2.99. The Morgan fingerprint density at radius 2 is 2.25 bits per heavy atom. The minimum absolute atomic E-state index is 0.200. The van der Waals surface area contributed by atoms with E-state index in [0.717, 1.165) is 6.07 Å². The van der Waals surface area contributed by atoms with Gasteiger partial charge >= 0.3 is 6.18 Å². The van der Waals surface area contributed by atoms with E-state index in [1.165, 1.54) is 0 Å². The Morgan fingerprint density at radius 3 is 2.67 bits per heavy atom. The van der Waals surface area contributed by atoms with Crippen LogP contribution in [-0.4, -0.2) is 17.6 Å². The maximum atomic E-state index is 11.7. The summed E-state index contributed by atoms with van der Waals surface area (Å²) in [4.78, 5) is 9.97. The van der Waals surface area contributed by atoms with Gasteiger partial charge in [0.1, 0.15) is 0 Å². The Kier molecular flexibility index (Phi) is 2.16. The van der Waals surface area contributed by atoms with Gasteiger partial charge in [-0.2, -0.15) is 13.2 Å². The highest BCUT2D eigenvalue weighted by molar-refractivity contribution is 5.70. The second-order valence-corrected chi connectivity index (χ2v) is 2.13. The zero-order valence-electron chi connectivity index (χ0n) is 5.76. The van der Waals surface area contributed by atoms with Gasteiger partial charge in [0, 0.05) is 6.07 Å². The second-order valence-electron chi connectivity index (χ2n) is 2.13. The number of aromatic nitrogens is 1. The van der Waals surface area contributed by atoms with Crippen molar-refractivity contribution < 1.29 is 22.5 Å². The summed E-state index contributed by atoms with van der Waals surface area (Å²) in [6, 6.07) is 0.959. The molecule has 0 saturated carbocycles. The van der Waals surface area contributed by atoms with Crippen LogP contribution in [0.4, 0.5) is 13.2 Å². The van der Waals surface area contributed by atoms with Gasteiger partial charge in [-0.1, -0.05) is 5.16 Å². The minimum atomic E-state index is -4.32. The highest BCUT2D eigenvalue weighted by Crippen LogP contribution is 2.20. The first-order valence-electron chi connectivity index (χ1n) is 2.99. The Balaban J connectivity index is 2.70. The molecule has 0 radical (unpaired) electrons. The summed E-state index contributed by atoms with van der Waals surface area (Å²) in [5, 5.41) is 3.05. The summed E-state index contributed by atoms with van der Waals surface area (Å²) in [5.41, 5.74) is -0.287. The maximum Gasteiger partial charge on any atom is 0.394 e. The molecule has 0 saturated heterocycles. The summed E-state index contributed by atoms with van der Waals surface area (Å²) in [5.74, 6) is -0.200. The van der Waals surface area contributed by atoms with Crippen LogP contribution in [0.1, 0.15) is 16.2 Å². The van der Waals surface area contributed by atoms with E-state index in [4.69, 9.17) is 0 Å². The van der Waals surface area contributed by atoms with Gasteiger partial charge in [0.05, 0.1) is 12.1 Å². The van der Waals surface area contributed by atoms with Crippen LogP contribution in [0.3, 0.4) is 0 Å². The van der Waals surface area contributed by atoms with Crippen molar-refractivity contribution in [3.05, 3.63) is 17.5 Å². The Hall–Kier alpha value is -1.33. The lowest BCUT2D eigenvalue weighted by molar-refractivity contribution is -0.128. The van der Waals surface area contributed by atoms with Gasteiger partial charge in [0.2, 0.25) is 0 Å². The smallest absolute Gasteiger partial charge is 0.353 e. The van der Waals surface area contributed by atoms with Crippen LogP contribution < -0.4 is 0 Å². The third-order valence-electron chi connectivity index (χ3n) is 1.07. The van der Waals surface area contributed by atoms with Crippen molar-refractivity contribution >= 4 is 6.29 Å². The molecule has 0 aliphatic rings. The fourth-order valence-corrected chi connectivity index (χ4v) is 0.672. The molecule has 12 heavy (non-hydrogen) atoms. The van der Waals surface area contributed by atoms with Crippen molar-refractivity contribution in [2.24, 2.45) is 0 Å². The van der Waals surface area contributed by atoms with E-state index in [1.54, 1.807) is 0 Å². The van der Waals surface area contributed by atoms with Crippen LogP contribution in [-0.2, 0) is 6.42 Å². The highest BCUT2D eigenvalue weighted by Gasteiger charge is 2.29. The minimum Gasteiger partial charge on any atom is -0.353 e. The van der Waals surface area contributed by atoms with Gasteiger partial charge in [-0.25, -0.2) is 0 Å². The van der Waals surface area contributed by atoms with Gasteiger partial charge < -0.3 is 4.52 Å². The molecule has 0 spiro atoms. The quantitative estimate of drug-likeness (QED) is 0.647. The van der Waals surface area contributed by atoms with Gasteiger partial charge in [-0.3, -0.25) is 4.79 Å². The average Bonchev–Trinajstić information content (AvgIpc) is 2.32. The van der Waals surface area contributed by atoms with E-state index in [-0.39, 0.29) is 11.5 Å². The third-order valence-corrected chi connectivity index (χ3v) is 1.07. The number of aldehydes is 1. The fourth-order valence-electron chi connectivity index (χ4n) is 0.672. The standard InChI is InChI=1S/C6H4F3NO2/c7-6(8,9)2-4-1-5(3-11)12-10-4/h1,3H,2H2. The lowest BCUT2D eigenvalue weighted by Gasteiger charge is -2.00. The molecule has 1 aromatic heterocycles. The van der Waals surface area contributed by atoms with E-state index in [1.807, 2.05) is 0 Å². The first-order chi connectivity index (χ1) is 5.51. The number of alkyl halides is 3. The molecular formula is C6H4F3NO2. The molecular weight excluding hydrogens is 175 g/mol. The molecule has 0 aromatic carbocycles. The number of hydrogen-bond acceptors (Lipinski definition) is 3. The topological polar surface area (TPSA) is 43.1 Å². The zero-order valence-corrected chi connectivity index (χ0v) is 5.76. The van der Waals surface area contributed by atoms with Crippen LogP contribution in [0.2, 0.25) is 0 Å². The van der Waals surface area contributed by atoms with Crippen molar-refractivity contribution in [2.75, 3.05) is 0 Å². The third kappa shape index (κ3) is 2.37. The molecule has 0 N–H and O–H groups in total. The van der Waals surface area contributed by atoms with E-state index >= 15 is 0 Å². The maximum absolute atomic E-state index is 11.7. The summed E-state index contributed by atoms with van der Waals surface area (Å²) in [6.07, 6.45) is -5.20. The Morgan fingerprint density at radius 1 is 1.58 bits per heavy atom. The lowest BCUT2D eigenvalue weighted by Crippen LogP contribution is -2.11. The molecule has 1 aromatic rings. The second kappa shape index (κ2) is 2.96. The SMILES string of the molecule is O=Cc1cc(CC(F)(F)F)no1. The number of hydrogen-bond donors (Lipinski definition) is 0. The number of nitrogens with zero attached hydrogens (tertiary/aromatic N) is 1. The van der Waals surface area contributed by atoms with Crippen LogP contribution in [0, 0.1) is 0 Å². The summed E-state index contributed by atoms with van der Waals surface area (Å²) < 4.78 is 39.3. The number of carbonyl (C=O) groups excluding carboxylic acids is 1. The van der Waals surface area contributed by atoms with Gasteiger partial charge in [-0.05, 0) is 0 Å². The molecule has 0 aliphatic carbocycles. The van der Waals surface area contributed by atoms with Crippen LogP contribution in [0.15, 0.2) is 10.6 Å². The average molecular weight is 179 g/mol. The normalized spacial score (nSPS) is 11.6. The molecule has 6 heteroatoms. The molecule has 0 amide bonds. The van der Waals surface area contributed by atoms with Crippen LogP contribution in [0.5, 0.6) is 0 Å². The monoisotopic (exact) mass is 179 g/mol. The van der Waals surface area contributed by atoms with Gasteiger partial charge in [0.15, 0.2) is 12.0 Å². The van der Waals surface area contributed by atoms with Crippen molar-refractivity contribution in [1.82, 2.24) is 5.16 Å². The van der Waals surface area contributed by atoms with Crippen LogP contribution in [0.25, 0.3) is 0 Å². The zero-order chi connectivity index (χ0) is 9.19. The summed E-state index contributed by atoms with van der Waals surface area (Å²) >= 11 is 0. The van der Waals surface area contributed by atoms with E-state index < -0.39 is 12.6 Å². The molecule has 0 atom stereocenters. The van der Waals surface area contributed by atoms with Crippen molar-refractivity contribution in [3.63, 3.8) is 0 Å². The Bertz CT molecular complexity index is 279. The first kappa shape index (κ1) is 8.76. The summed E-state index contributed by atoms with van der Waals surface area (Å²) in [7, 11) is 0. The van der Waals surface area contributed by atoms with Crippen LogP contribution >= 0.6 is 0 Å².